The molecule has 0 spiro atoms. The summed E-state index contributed by atoms with van der Waals surface area (Å²) in [6.45, 7) is 2.15. The molecule has 0 aliphatic heterocycles. The highest BCUT2D eigenvalue weighted by molar-refractivity contribution is 7.89. The topological polar surface area (TPSA) is 72.5 Å². The quantitative estimate of drug-likeness (QED) is 0.367. The molecule has 0 saturated heterocycles. The van der Waals surface area contributed by atoms with Gasteiger partial charge in [0, 0.05) is 12.5 Å². The van der Waals surface area contributed by atoms with Crippen LogP contribution < -0.4 is 4.72 Å². The Hall–Kier alpha value is -2.70. The summed E-state index contributed by atoms with van der Waals surface area (Å²) in [4.78, 5) is 11.8. The Kier molecular flexibility index (Phi) is 7.60. The highest BCUT2D eigenvalue weighted by Crippen LogP contribution is 2.26. The molecule has 0 aliphatic rings. The van der Waals surface area contributed by atoms with E-state index in [4.69, 9.17) is 4.74 Å². The molecule has 0 heterocycles. The SMILES string of the molecule is CCOC(=O)CCCCC(NS(=O)(=O)c1ccccc1)c1ccc2ccccc2c1. The lowest BCUT2D eigenvalue weighted by atomic mass is 9.98. The van der Waals surface area contributed by atoms with Crippen LogP contribution in [0, 0.1) is 0 Å². The number of carbonyl (C=O) groups excluding carboxylic acids is 1. The second kappa shape index (κ2) is 10.4. The summed E-state index contributed by atoms with van der Waals surface area (Å²) in [6.07, 6.45) is 2.27. The second-order valence-corrected chi connectivity index (χ2v) is 8.86. The van der Waals surface area contributed by atoms with Crippen LogP contribution in [-0.2, 0) is 19.6 Å². The monoisotopic (exact) mass is 425 g/mol. The molecule has 158 valence electrons. The van der Waals surface area contributed by atoms with Crippen LogP contribution in [-0.4, -0.2) is 21.0 Å². The van der Waals surface area contributed by atoms with Crippen LogP contribution in [0.4, 0.5) is 0 Å². The van der Waals surface area contributed by atoms with E-state index in [1.54, 1.807) is 37.3 Å². The summed E-state index contributed by atoms with van der Waals surface area (Å²) in [5, 5.41) is 2.17. The Morgan fingerprint density at radius 2 is 1.63 bits per heavy atom. The van der Waals surface area contributed by atoms with Crippen molar-refractivity contribution in [3.8, 4) is 0 Å². The molecule has 3 aromatic rings. The molecular formula is C24H27NO4S. The zero-order chi connectivity index (χ0) is 21.4. The Morgan fingerprint density at radius 3 is 2.37 bits per heavy atom. The van der Waals surface area contributed by atoms with E-state index in [9.17, 15) is 13.2 Å². The normalized spacial score (nSPS) is 12.6. The van der Waals surface area contributed by atoms with Crippen molar-refractivity contribution in [3.05, 3.63) is 78.4 Å². The lowest BCUT2D eigenvalue weighted by Gasteiger charge is -2.20. The van der Waals surface area contributed by atoms with E-state index in [-0.39, 0.29) is 16.9 Å². The number of carbonyl (C=O) groups is 1. The predicted octanol–water partition coefficient (Wildman–Crippen LogP) is 4.98. The Balaban J connectivity index is 1.79. The van der Waals surface area contributed by atoms with Crippen LogP contribution in [0.1, 0.15) is 44.2 Å². The zero-order valence-electron chi connectivity index (χ0n) is 17.1. The van der Waals surface area contributed by atoms with Crippen molar-refractivity contribution in [2.75, 3.05) is 6.61 Å². The molecule has 0 amide bonds. The summed E-state index contributed by atoms with van der Waals surface area (Å²) in [7, 11) is -3.66. The standard InChI is InChI=1S/C24H27NO4S/c1-2-29-24(26)15-9-8-14-23(25-30(27,28)22-12-4-3-5-13-22)21-17-16-19-10-6-7-11-20(19)18-21/h3-7,10-13,16-18,23,25H,2,8-9,14-15H2,1H3. The first-order valence-electron chi connectivity index (χ1n) is 10.2. The molecule has 0 aliphatic carbocycles. The minimum atomic E-state index is -3.66. The minimum absolute atomic E-state index is 0.218. The number of nitrogens with one attached hydrogen (secondary N) is 1. The first-order valence-corrected chi connectivity index (χ1v) is 11.7. The van der Waals surface area contributed by atoms with E-state index in [1.165, 1.54) is 0 Å². The van der Waals surface area contributed by atoms with Gasteiger partial charge >= 0.3 is 5.97 Å². The molecule has 0 radical (unpaired) electrons. The molecule has 0 saturated carbocycles. The second-order valence-electron chi connectivity index (χ2n) is 7.14. The van der Waals surface area contributed by atoms with E-state index in [2.05, 4.69) is 4.72 Å². The van der Waals surface area contributed by atoms with Gasteiger partial charge in [-0.05, 0) is 54.3 Å². The largest absolute Gasteiger partial charge is 0.466 e. The van der Waals surface area contributed by atoms with E-state index < -0.39 is 10.0 Å². The van der Waals surface area contributed by atoms with Crippen molar-refractivity contribution in [1.82, 2.24) is 4.72 Å². The van der Waals surface area contributed by atoms with Crippen molar-refractivity contribution in [1.29, 1.82) is 0 Å². The Labute approximate surface area is 178 Å². The van der Waals surface area contributed by atoms with Crippen LogP contribution in [0.2, 0.25) is 0 Å². The van der Waals surface area contributed by atoms with Crippen molar-refractivity contribution < 1.29 is 17.9 Å². The van der Waals surface area contributed by atoms with Crippen molar-refractivity contribution in [2.24, 2.45) is 0 Å². The Bertz CT molecular complexity index is 1080. The molecule has 0 aromatic heterocycles. The maximum Gasteiger partial charge on any atom is 0.305 e. The maximum absolute atomic E-state index is 12.9. The third-order valence-electron chi connectivity index (χ3n) is 4.96. The van der Waals surface area contributed by atoms with Gasteiger partial charge in [-0.2, -0.15) is 0 Å². The fourth-order valence-corrected chi connectivity index (χ4v) is 4.70. The fraction of sp³-hybridized carbons (Fsp3) is 0.292. The van der Waals surface area contributed by atoms with Crippen molar-refractivity contribution >= 4 is 26.8 Å². The number of rotatable bonds is 10. The molecule has 3 rings (SSSR count). The van der Waals surface area contributed by atoms with Crippen LogP contribution in [0.5, 0.6) is 0 Å². The van der Waals surface area contributed by atoms with E-state index in [1.807, 2.05) is 42.5 Å². The first kappa shape index (κ1) is 22.0. The number of ether oxygens (including phenoxy) is 1. The fourth-order valence-electron chi connectivity index (χ4n) is 3.42. The van der Waals surface area contributed by atoms with Gasteiger partial charge in [-0.3, -0.25) is 4.79 Å². The van der Waals surface area contributed by atoms with Gasteiger partial charge in [-0.25, -0.2) is 13.1 Å². The summed E-state index contributed by atoms with van der Waals surface area (Å²) in [5.41, 5.74) is 0.907. The van der Waals surface area contributed by atoms with Crippen LogP contribution in [0.25, 0.3) is 10.8 Å². The lowest BCUT2D eigenvalue weighted by Crippen LogP contribution is -2.28. The highest BCUT2D eigenvalue weighted by Gasteiger charge is 2.21. The van der Waals surface area contributed by atoms with Crippen LogP contribution >= 0.6 is 0 Å². The van der Waals surface area contributed by atoms with Gasteiger partial charge in [-0.15, -0.1) is 0 Å². The number of fused-ring (bicyclic) bond motifs is 1. The number of sulfonamides is 1. The molecule has 0 fully saturated rings. The third kappa shape index (κ3) is 5.90. The molecular weight excluding hydrogens is 398 g/mol. The molecule has 0 bridgehead atoms. The third-order valence-corrected chi connectivity index (χ3v) is 6.44. The summed E-state index contributed by atoms with van der Waals surface area (Å²) < 4.78 is 33.7. The smallest absolute Gasteiger partial charge is 0.305 e. The average molecular weight is 426 g/mol. The van der Waals surface area contributed by atoms with Gasteiger partial charge in [0.15, 0.2) is 0 Å². The van der Waals surface area contributed by atoms with Gasteiger partial charge < -0.3 is 4.74 Å². The molecule has 1 unspecified atom stereocenters. The minimum Gasteiger partial charge on any atom is -0.466 e. The van der Waals surface area contributed by atoms with Crippen LogP contribution in [0.15, 0.2) is 77.7 Å². The summed E-state index contributed by atoms with van der Waals surface area (Å²) in [6, 6.07) is 22.0. The van der Waals surface area contributed by atoms with Gasteiger partial charge in [0.1, 0.15) is 0 Å². The highest BCUT2D eigenvalue weighted by atomic mass is 32.2. The van der Waals surface area contributed by atoms with E-state index in [0.29, 0.717) is 32.3 Å². The first-order chi connectivity index (χ1) is 14.5. The van der Waals surface area contributed by atoms with E-state index in [0.717, 1.165) is 16.3 Å². The van der Waals surface area contributed by atoms with E-state index >= 15 is 0 Å². The van der Waals surface area contributed by atoms with Gasteiger partial charge in [-0.1, -0.05) is 61.0 Å². The molecule has 3 aromatic carbocycles. The lowest BCUT2D eigenvalue weighted by molar-refractivity contribution is -0.143. The number of hydrogen-bond donors (Lipinski definition) is 1. The Morgan fingerprint density at radius 1 is 0.933 bits per heavy atom. The number of benzene rings is 3. The number of hydrogen-bond acceptors (Lipinski definition) is 4. The van der Waals surface area contributed by atoms with Gasteiger partial charge in [0.05, 0.1) is 11.5 Å². The number of esters is 1. The summed E-state index contributed by atoms with van der Waals surface area (Å²) in [5.74, 6) is -0.218. The van der Waals surface area contributed by atoms with Gasteiger partial charge in [0.2, 0.25) is 10.0 Å². The average Bonchev–Trinajstić information content (AvgIpc) is 2.76. The molecule has 6 heteroatoms. The van der Waals surface area contributed by atoms with Gasteiger partial charge in [0.25, 0.3) is 0 Å². The maximum atomic E-state index is 12.9. The van der Waals surface area contributed by atoms with Crippen molar-refractivity contribution in [2.45, 2.75) is 43.5 Å². The zero-order valence-corrected chi connectivity index (χ0v) is 17.9. The van der Waals surface area contributed by atoms with Crippen LogP contribution in [0.3, 0.4) is 0 Å². The molecule has 5 nitrogen and oxygen atoms in total. The molecule has 1 atom stereocenters. The summed E-state index contributed by atoms with van der Waals surface area (Å²) >= 11 is 0. The van der Waals surface area contributed by atoms with Crippen molar-refractivity contribution in [3.63, 3.8) is 0 Å². The predicted molar refractivity (Wildman–Crippen MR) is 119 cm³/mol. The molecule has 30 heavy (non-hydrogen) atoms. The molecule has 1 N–H and O–H groups in total. The number of unbranched alkanes of at least 4 members (excludes halogenated alkanes) is 1.